The number of rotatable bonds is 3. The van der Waals surface area contributed by atoms with Crippen LogP contribution in [0.25, 0.3) is 0 Å². The van der Waals surface area contributed by atoms with Crippen molar-refractivity contribution in [2.24, 2.45) is 4.99 Å². The van der Waals surface area contributed by atoms with Crippen LogP contribution in [-0.2, 0) is 0 Å². The fraction of sp³-hybridized carbons (Fsp3) is 0.417. The predicted molar refractivity (Wildman–Crippen MR) is 67.7 cm³/mol. The topological polar surface area (TPSA) is 24.4 Å². The number of benzene rings is 1. The van der Waals surface area contributed by atoms with Crippen LogP contribution in [0.2, 0.25) is 0 Å². The standard InChI is InChI=1S/C12H17N2Se/c1-4-10(3)13-12(15)14-11-7-5-9(2)6-8-11/h5-8,10H,4H2,1-3H3,(H,13,14). The van der Waals surface area contributed by atoms with E-state index in [1.165, 1.54) is 5.56 Å². The molecule has 1 atom stereocenters. The first-order valence-electron chi connectivity index (χ1n) is 5.20. The number of anilines is 1. The zero-order valence-corrected chi connectivity index (χ0v) is 11.2. The van der Waals surface area contributed by atoms with Crippen LogP contribution < -0.4 is 5.32 Å². The summed E-state index contributed by atoms with van der Waals surface area (Å²) in [6.07, 6.45) is 1.06. The summed E-state index contributed by atoms with van der Waals surface area (Å²) in [5.74, 6) is 0. The van der Waals surface area contributed by atoms with Gasteiger partial charge in [0, 0.05) is 0 Å². The van der Waals surface area contributed by atoms with Gasteiger partial charge in [0.15, 0.2) is 0 Å². The maximum absolute atomic E-state index is 4.46. The van der Waals surface area contributed by atoms with Gasteiger partial charge in [0.1, 0.15) is 0 Å². The van der Waals surface area contributed by atoms with E-state index in [1.54, 1.807) is 0 Å². The van der Waals surface area contributed by atoms with Crippen LogP contribution in [-0.4, -0.2) is 26.8 Å². The first kappa shape index (κ1) is 12.3. The summed E-state index contributed by atoms with van der Waals surface area (Å²) in [6.45, 7) is 6.32. The Labute approximate surface area is 100 Å². The van der Waals surface area contributed by atoms with E-state index in [2.05, 4.69) is 71.4 Å². The molecule has 0 aliphatic heterocycles. The number of hydrogen-bond donors (Lipinski definition) is 1. The third-order valence-electron chi connectivity index (χ3n) is 2.23. The van der Waals surface area contributed by atoms with Gasteiger partial charge in [0.2, 0.25) is 0 Å². The Kier molecular flexibility index (Phi) is 4.86. The summed E-state index contributed by atoms with van der Waals surface area (Å²) < 4.78 is 0.855. The van der Waals surface area contributed by atoms with Crippen molar-refractivity contribution >= 4 is 26.4 Å². The van der Waals surface area contributed by atoms with Crippen LogP contribution in [0, 0.1) is 6.92 Å². The van der Waals surface area contributed by atoms with E-state index in [4.69, 9.17) is 0 Å². The first-order chi connectivity index (χ1) is 7.11. The first-order valence-corrected chi connectivity index (χ1v) is 6.06. The van der Waals surface area contributed by atoms with E-state index < -0.39 is 0 Å². The molecule has 0 aliphatic carbocycles. The molecule has 0 bridgehead atoms. The van der Waals surface area contributed by atoms with Crippen LogP contribution in [0.15, 0.2) is 29.3 Å². The summed E-state index contributed by atoms with van der Waals surface area (Å²) >= 11 is 2.94. The Morgan fingerprint density at radius 3 is 2.53 bits per heavy atom. The van der Waals surface area contributed by atoms with Crippen molar-refractivity contribution < 1.29 is 0 Å². The molecule has 81 valence electrons. The van der Waals surface area contributed by atoms with E-state index in [-0.39, 0.29) is 0 Å². The van der Waals surface area contributed by atoms with Crippen molar-refractivity contribution in [2.75, 3.05) is 5.32 Å². The molecule has 1 radical (unpaired) electrons. The van der Waals surface area contributed by atoms with Gasteiger partial charge >= 0.3 is 99.8 Å². The molecular formula is C12H17N2Se. The Morgan fingerprint density at radius 1 is 1.40 bits per heavy atom. The van der Waals surface area contributed by atoms with E-state index in [0.717, 1.165) is 16.8 Å². The Balaban J connectivity index is 2.62. The van der Waals surface area contributed by atoms with Crippen LogP contribution >= 0.6 is 0 Å². The summed E-state index contributed by atoms with van der Waals surface area (Å²) in [7, 11) is 0. The molecule has 1 unspecified atom stereocenters. The number of hydrogen-bond acceptors (Lipinski definition) is 1. The van der Waals surface area contributed by atoms with Crippen molar-refractivity contribution in [3.63, 3.8) is 0 Å². The average molecular weight is 268 g/mol. The van der Waals surface area contributed by atoms with E-state index >= 15 is 0 Å². The van der Waals surface area contributed by atoms with Crippen LogP contribution in [0.5, 0.6) is 0 Å². The average Bonchev–Trinajstić information content (AvgIpc) is 2.21. The van der Waals surface area contributed by atoms with Crippen LogP contribution in [0.4, 0.5) is 5.69 Å². The van der Waals surface area contributed by atoms with Gasteiger partial charge < -0.3 is 0 Å². The monoisotopic (exact) mass is 269 g/mol. The molecular weight excluding hydrogens is 251 g/mol. The molecule has 1 rings (SSSR count). The zero-order chi connectivity index (χ0) is 11.3. The molecule has 2 nitrogen and oxygen atoms in total. The Bertz CT molecular complexity index is 330. The SMILES string of the molecule is CCC(C)N=C([Se])Nc1ccc(C)cc1. The zero-order valence-electron chi connectivity index (χ0n) is 9.45. The number of aliphatic imine (C=N–C) groups is 1. The summed E-state index contributed by atoms with van der Waals surface area (Å²) in [5.41, 5.74) is 2.34. The third kappa shape index (κ3) is 4.50. The second kappa shape index (κ2) is 5.94. The molecule has 0 saturated carbocycles. The molecule has 0 amide bonds. The van der Waals surface area contributed by atoms with Crippen molar-refractivity contribution in [2.45, 2.75) is 33.2 Å². The Morgan fingerprint density at radius 2 is 2.00 bits per heavy atom. The molecule has 0 aromatic heterocycles. The molecule has 0 saturated heterocycles. The van der Waals surface area contributed by atoms with E-state index in [1.807, 2.05) is 0 Å². The second-order valence-corrected chi connectivity index (χ2v) is 4.49. The quantitative estimate of drug-likeness (QED) is 0.509. The fourth-order valence-corrected chi connectivity index (χ4v) is 1.71. The number of amidine groups is 1. The van der Waals surface area contributed by atoms with Crippen molar-refractivity contribution in [1.29, 1.82) is 0 Å². The molecule has 0 fully saturated rings. The van der Waals surface area contributed by atoms with Crippen LogP contribution in [0.1, 0.15) is 25.8 Å². The molecule has 1 aromatic rings. The fourth-order valence-electron chi connectivity index (χ4n) is 1.08. The predicted octanol–water partition coefficient (Wildman–Crippen LogP) is 2.73. The van der Waals surface area contributed by atoms with Crippen molar-refractivity contribution in [3.8, 4) is 0 Å². The minimum atomic E-state index is 0.360. The number of nitrogens with zero attached hydrogens (tertiary/aromatic N) is 1. The number of aryl methyl sites for hydroxylation is 1. The van der Waals surface area contributed by atoms with Gasteiger partial charge in [-0.2, -0.15) is 0 Å². The second-order valence-electron chi connectivity index (χ2n) is 3.68. The van der Waals surface area contributed by atoms with E-state index in [9.17, 15) is 0 Å². The molecule has 1 N–H and O–H groups in total. The molecule has 0 heterocycles. The molecule has 3 heteroatoms. The van der Waals surface area contributed by atoms with Gasteiger partial charge in [-0.1, -0.05) is 0 Å². The van der Waals surface area contributed by atoms with Gasteiger partial charge in [-0.05, 0) is 0 Å². The third-order valence-corrected chi connectivity index (χ3v) is 2.67. The van der Waals surface area contributed by atoms with Gasteiger partial charge in [-0.15, -0.1) is 0 Å². The normalized spacial score (nSPS) is 13.7. The van der Waals surface area contributed by atoms with Gasteiger partial charge in [0.05, 0.1) is 0 Å². The summed E-state index contributed by atoms with van der Waals surface area (Å²) in [6, 6.07) is 8.63. The molecule has 0 spiro atoms. The van der Waals surface area contributed by atoms with Crippen LogP contribution in [0.3, 0.4) is 0 Å². The minimum absolute atomic E-state index is 0.360. The van der Waals surface area contributed by atoms with Gasteiger partial charge in [0.25, 0.3) is 0 Å². The molecule has 15 heavy (non-hydrogen) atoms. The van der Waals surface area contributed by atoms with Crippen molar-refractivity contribution in [3.05, 3.63) is 29.8 Å². The summed E-state index contributed by atoms with van der Waals surface area (Å²) in [5, 5.41) is 3.23. The summed E-state index contributed by atoms with van der Waals surface area (Å²) in [4.78, 5) is 4.46. The van der Waals surface area contributed by atoms with Gasteiger partial charge in [-0.3, -0.25) is 0 Å². The maximum atomic E-state index is 4.46. The van der Waals surface area contributed by atoms with E-state index in [0.29, 0.717) is 6.04 Å². The number of nitrogens with one attached hydrogen (secondary N) is 1. The van der Waals surface area contributed by atoms with Gasteiger partial charge in [-0.25, -0.2) is 0 Å². The van der Waals surface area contributed by atoms with Crippen molar-refractivity contribution in [1.82, 2.24) is 0 Å². The molecule has 1 aromatic carbocycles. The Hall–Kier alpha value is -0.791. The molecule has 0 aliphatic rings.